The zero-order chi connectivity index (χ0) is 19.7. The molecule has 2 aliphatic heterocycles. The number of nitrogens with zero attached hydrogens (tertiary/aromatic N) is 2. The van der Waals surface area contributed by atoms with Crippen molar-refractivity contribution < 1.29 is 0 Å². The van der Waals surface area contributed by atoms with E-state index < -0.39 is 8.07 Å². The van der Waals surface area contributed by atoms with Crippen molar-refractivity contribution in [1.29, 1.82) is 0 Å². The Labute approximate surface area is 173 Å². The SMILES string of the molecule is CC(C)[Si](C#CCN1CCCCC1)(C#CCN1CCCCC1)c1ccccc1. The van der Waals surface area contributed by atoms with Crippen LogP contribution in [0.3, 0.4) is 0 Å². The maximum Gasteiger partial charge on any atom is 0.248 e. The minimum absolute atomic E-state index is 0.484. The highest BCUT2D eigenvalue weighted by Gasteiger charge is 2.36. The maximum atomic E-state index is 3.79. The Hall–Kier alpha value is -1.52. The van der Waals surface area contributed by atoms with Gasteiger partial charge in [-0.1, -0.05) is 68.9 Å². The van der Waals surface area contributed by atoms with Gasteiger partial charge in [0.2, 0.25) is 8.07 Å². The van der Waals surface area contributed by atoms with Gasteiger partial charge in [-0.05, 0) is 62.6 Å². The number of hydrogen-bond acceptors (Lipinski definition) is 2. The summed E-state index contributed by atoms with van der Waals surface area (Å²) in [6.45, 7) is 11.3. The van der Waals surface area contributed by atoms with Gasteiger partial charge in [0.15, 0.2) is 0 Å². The average molecular weight is 393 g/mol. The quantitative estimate of drug-likeness (QED) is 0.568. The Morgan fingerprint density at radius 1 is 0.750 bits per heavy atom. The third-order valence-electron chi connectivity index (χ3n) is 6.17. The molecule has 28 heavy (non-hydrogen) atoms. The van der Waals surface area contributed by atoms with Gasteiger partial charge >= 0.3 is 0 Å². The van der Waals surface area contributed by atoms with Gasteiger partial charge in [-0.3, -0.25) is 9.80 Å². The molecule has 2 fully saturated rings. The molecule has 0 N–H and O–H groups in total. The zero-order valence-corrected chi connectivity index (χ0v) is 18.8. The van der Waals surface area contributed by atoms with E-state index >= 15 is 0 Å². The van der Waals surface area contributed by atoms with Crippen LogP contribution in [-0.2, 0) is 0 Å². The predicted molar refractivity (Wildman–Crippen MR) is 123 cm³/mol. The van der Waals surface area contributed by atoms with E-state index in [0.29, 0.717) is 5.54 Å². The highest BCUT2D eigenvalue weighted by Crippen LogP contribution is 2.20. The molecule has 0 amide bonds. The van der Waals surface area contributed by atoms with E-state index in [2.05, 4.69) is 76.9 Å². The fourth-order valence-corrected chi connectivity index (χ4v) is 7.34. The van der Waals surface area contributed by atoms with Crippen LogP contribution in [0.1, 0.15) is 52.4 Å². The molecule has 150 valence electrons. The van der Waals surface area contributed by atoms with Gasteiger partial charge in [-0.15, -0.1) is 11.1 Å². The van der Waals surface area contributed by atoms with E-state index in [-0.39, 0.29) is 0 Å². The lowest BCUT2D eigenvalue weighted by molar-refractivity contribution is 0.255. The highest BCUT2D eigenvalue weighted by atomic mass is 28.3. The summed E-state index contributed by atoms with van der Waals surface area (Å²) in [5.41, 5.74) is 8.06. The van der Waals surface area contributed by atoms with E-state index in [4.69, 9.17) is 0 Å². The predicted octanol–water partition coefficient (Wildman–Crippen LogP) is 3.81. The Morgan fingerprint density at radius 2 is 1.21 bits per heavy atom. The first-order valence-corrected chi connectivity index (χ1v) is 13.3. The van der Waals surface area contributed by atoms with Gasteiger partial charge in [0.05, 0.1) is 13.1 Å². The number of benzene rings is 1. The second kappa shape index (κ2) is 10.9. The molecule has 0 aliphatic carbocycles. The van der Waals surface area contributed by atoms with Crippen LogP contribution in [0.4, 0.5) is 0 Å². The first kappa shape index (κ1) is 21.2. The summed E-state index contributed by atoms with van der Waals surface area (Å²) in [5, 5.41) is 1.38. The first-order chi connectivity index (χ1) is 13.7. The Balaban J connectivity index is 1.82. The summed E-state index contributed by atoms with van der Waals surface area (Å²) in [6, 6.07) is 10.9. The number of likely N-dealkylation sites (tertiary alicyclic amines) is 2. The second-order valence-corrected chi connectivity index (χ2v) is 12.5. The summed E-state index contributed by atoms with van der Waals surface area (Å²) in [6.07, 6.45) is 8.04. The molecular formula is C25H36N2Si. The minimum Gasteiger partial charge on any atom is -0.292 e. The minimum atomic E-state index is -2.19. The van der Waals surface area contributed by atoms with E-state index in [1.54, 1.807) is 0 Å². The smallest absolute Gasteiger partial charge is 0.248 e. The van der Waals surface area contributed by atoms with Crippen LogP contribution in [0.25, 0.3) is 0 Å². The molecule has 2 nitrogen and oxygen atoms in total. The van der Waals surface area contributed by atoms with Crippen molar-refractivity contribution in [3.05, 3.63) is 30.3 Å². The van der Waals surface area contributed by atoms with Crippen molar-refractivity contribution in [2.75, 3.05) is 39.3 Å². The molecule has 1 aromatic rings. The molecule has 3 rings (SSSR count). The maximum absolute atomic E-state index is 3.79. The second-order valence-electron chi connectivity index (χ2n) is 8.61. The van der Waals surface area contributed by atoms with Crippen molar-refractivity contribution in [3.63, 3.8) is 0 Å². The highest BCUT2D eigenvalue weighted by molar-refractivity contribution is 7.05. The molecule has 1 aromatic carbocycles. The summed E-state index contributed by atoms with van der Waals surface area (Å²) < 4.78 is 0. The molecular weight excluding hydrogens is 356 g/mol. The van der Waals surface area contributed by atoms with Crippen LogP contribution in [0.2, 0.25) is 5.54 Å². The van der Waals surface area contributed by atoms with E-state index in [9.17, 15) is 0 Å². The lowest BCUT2D eigenvalue weighted by atomic mass is 10.1. The molecule has 0 bridgehead atoms. The monoisotopic (exact) mass is 392 g/mol. The molecule has 2 aliphatic rings. The normalized spacial score (nSPS) is 18.8. The number of hydrogen-bond donors (Lipinski definition) is 0. The van der Waals surface area contributed by atoms with Gasteiger partial charge in [-0.2, -0.15) is 0 Å². The molecule has 0 spiro atoms. The average Bonchev–Trinajstić information content (AvgIpc) is 2.74. The van der Waals surface area contributed by atoms with Gasteiger partial charge in [0.1, 0.15) is 0 Å². The van der Waals surface area contributed by atoms with Crippen LogP contribution < -0.4 is 5.19 Å². The molecule has 3 heteroatoms. The topological polar surface area (TPSA) is 6.48 Å². The molecule has 0 aromatic heterocycles. The number of piperidine rings is 2. The fourth-order valence-electron chi connectivity index (χ4n) is 4.32. The molecule has 2 heterocycles. The molecule has 0 atom stereocenters. The Bertz CT molecular complexity index is 670. The lowest BCUT2D eigenvalue weighted by Gasteiger charge is -2.27. The van der Waals surface area contributed by atoms with Crippen molar-refractivity contribution in [2.45, 2.75) is 57.9 Å². The number of rotatable bonds is 4. The standard InChI is InChI=1S/C25H36N2Si/c1-24(2)28(25-14-6-3-7-15-25,22-12-20-26-16-8-4-9-17-26)23-13-21-27-18-10-5-11-19-27/h3,6-7,14-15,24H,4-5,8-11,16-21H2,1-2H3. The third kappa shape index (κ3) is 5.74. The zero-order valence-electron chi connectivity index (χ0n) is 17.8. The van der Waals surface area contributed by atoms with Crippen molar-refractivity contribution in [1.82, 2.24) is 9.80 Å². The van der Waals surface area contributed by atoms with Crippen molar-refractivity contribution >= 4 is 13.3 Å². The molecule has 0 unspecified atom stereocenters. The van der Waals surface area contributed by atoms with E-state index in [1.807, 2.05) is 0 Å². The summed E-state index contributed by atoms with van der Waals surface area (Å²) >= 11 is 0. The van der Waals surface area contributed by atoms with Crippen LogP contribution >= 0.6 is 0 Å². The summed E-state index contributed by atoms with van der Waals surface area (Å²) in [7, 11) is -2.19. The van der Waals surface area contributed by atoms with Crippen LogP contribution in [0.15, 0.2) is 30.3 Å². The van der Waals surface area contributed by atoms with Gasteiger partial charge < -0.3 is 0 Å². The Morgan fingerprint density at radius 3 is 1.64 bits per heavy atom. The van der Waals surface area contributed by atoms with Crippen LogP contribution in [-0.4, -0.2) is 57.1 Å². The van der Waals surface area contributed by atoms with E-state index in [1.165, 1.54) is 69.9 Å². The van der Waals surface area contributed by atoms with Gasteiger partial charge in [0.25, 0.3) is 0 Å². The third-order valence-corrected chi connectivity index (χ3v) is 10.3. The largest absolute Gasteiger partial charge is 0.292 e. The van der Waals surface area contributed by atoms with Crippen LogP contribution in [0.5, 0.6) is 0 Å². The van der Waals surface area contributed by atoms with Crippen molar-refractivity contribution in [3.8, 4) is 22.9 Å². The van der Waals surface area contributed by atoms with Gasteiger partial charge in [0, 0.05) is 0 Å². The summed E-state index contributed by atoms with van der Waals surface area (Å²) in [4.78, 5) is 5.03. The molecule has 0 radical (unpaired) electrons. The van der Waals surface area contributed by atoms with Crippen LogP contribution in [0, 0.1) is 22.9 Å². The fraction of sp³-hybridized carbons (Fsp3) is 0.600. The molecule has 0 saturated carbocycles. The van der Waals surface area contributed by atoms with Gasteiger partial charge in [-0.25, -0.2) is 0 Å². The lowest BCUT2D eigenvalue weighted by Crippen LogP contribution is -2.49. The molecule has 2 saturated heterocycles. The summed E-state index contributed by atoms with van der Waals surface area (Å²) in [5.74, 6) is 7.17. The first-order valence-electron chi connectivity index (χ1n) is 11.2. The Kier molecular flexibility index (Phi) is 8.23. The van der Waals surface area contributed by atoms with Crippen molar-refractivity contribution in [2.24, 2.45) is 0 Å². The van der Waals surface area contributed by atoms with E-state index in [0.717, 1.165) is 13.1 Å².